The fourth-order valence-corrected chi connectivity index (χ4v) is 3.59. The molecule has 0 saturated heterocycles. The van der Waals surface area contributed by atoms with Crippen LogP contribution in [0.15, 0.2) is 36.4 Å². The van der Waals surface area contributed by atoms with E-state index in [-0.39, 0.29) is 30.0 Å². The van der Waals surface area contributed by atoms with Crippen LogP contribution in [0.25, 0.3) is 0 Å². The summed E-state index contributed by atoms with van der Waals surface area (Å²) < 4.78 is 0. The third-order valence-electron chi connectivity index (χ3n) is 4.90. The second kappa shape index (κ2) is 8.68. The Morgan fingerprint density at radius 3 is 2.63 bits per heavy atom. The number of anilines is 1. The van der Waals surface area contributed by atoms with Gasteiger partial charge in [-0.1, -0.05) is 24.6 Å². The van der Waals surface area contributed by atoms with Gasteiger partial charge in [0, 0.05) is 22.9 Å². The van der Waals surface area contributed by atoms with Crippen molar-refractivity contribution in [1.29, 1.82) is 5.41 Å². The van der Waals surface area contributed by atoms with E-state index in [0.29, 0.717) is 27.5 Å². The zero-order valence-electron chi connectivity index (χ0n) is 15.3. The van der Waals surface area contributed by atoms with Gasteiger partial charge >= 0.3 is 0 Å². The average Bonchev–Trinajstić information content (AvgIpc) is 2.61. The quantitative estimate of drug-likeness (QED) is 0.654. The molecule has 0 fully saturated rings. The topological polar surface area (TPSA) is 70.0 Å². The first-order chi connectivity index (χ1) is 12.4. The zero-order valence-corrected chi connectivity index (χ0v) is 16.8. The van der Waals surface area contributed by atoms with Crippen molar-refractivity contribution >= 4 is 47.1 Å². The van der Waals surface area contributed by atoms with Gasteiger partial charge in [0.15, 0.2) is 5.78 Å². The van der Waals surface area contributed by atoms with Gasteiger partial charge in [-0.15, -0.1) is 12.4 Å². The lowest BCUT2D eigenvalue weighted by atomic mass is 9.81. The molecule has 2 aromatic carbocycles. The standard InChI is InChI=1S/C21H21ClN2O2.ClH/c1-3-13-4-5-15-10-16(7-9-17(15)20(13)25)24-21(26)18-8-6-14(12(2)23)11-19(18)22;/h6-11,13,23H,3-5H2,1-2H3,(H,24,26);1H. The Kier molecular flexibility index (Phi) is 6.79. The first kappa shape index (κ1) is 21.1. The molecule has 0 spiro atoms. The number of nitrogens with one attached hydrogen (secondary N) is 2. The molecular weight excluding hydrogens is 383 g/mol. The van der Waals surface area contributed by atoms with E-state index in [0.717, 1.165) is 30.4 Å². The Labute approximate surface area is 170 Å². The van der Waals surface area contributed by atoms with E-state index in [9.17, 15) is 9.59 Å². The predicted octanol–water partition coefficient (Wildman–Crippen LogP) is 5.56. The normalized spacial score (nSPS) is 15.5. The van der Waals surface area contributed by atoms with Gasteiger partial charge in [0.25, 0.3) is 5.91 Å². The summed E-state index contributed by atoms with van der Waals surface area (Å²) >= 11 is 6.20. The highest BCUT2D eigenvalue weighted by Crippen LogP contribution is 2.30. The second-order valence-electron chi connectivity index (χ2n) is 6.65. The highest BCUT2D eigenvalue weighted by molar-refractivity contribution is 6.34. The molecule has 0 heterocycles. The molecule has 2 N–H and O–H groups in total. The van der Waals surface area contributed by atoms with Crippen molar-refractivity contribution in [3.8, 4) is 0 Å². The van der Waals surface area contributed by atoms with E-state index in [1.807, 2.05) is 13.0 Å². The van der Waals surface area contributed by atoms with E-state index < -0.39 is 0 Å². The SMILES string of the molecule is CCC1CCc2cc(NC(=O)c3ccc(C(C)=N)cc3Cl)ccc2C1=O.Cl. The van der Waals surface area contributed by atoms with Crippen molar-refractivity contribution in [3.05, 3.63) is 63.7 Å². The van der Waals surface area contributed by atoms with E-state index in [4.69, 9.17) is 17.0 Å². The Balaban J connectivity index is 0.00000261. The summed E-state index contributed by atoms with van der Waals surface area (Å²) in [5, 5.41) is 10.8. The molecule has 2 aromatic rings. The van der Waals surface area contributed by atoms with Crippen molar-refractivity contribution in [2.24, 2.45) is 5.92 Å². The molecule has 0 saturated carbocycles. The van der Waals surface area contributed by atoms with Crippen molar-refractivity contribution in [2.75, 3.05) is 5.32 Å². The van der Waals surface area contributed by atoms with Crippen molar-refractivity contribution in [3.63, 3.8) is 0 Å². The lowest BCUT2D eigenvalue weighted by molar-refractivity contribution is 0.0898. The number of Topliss-reactive ketones (excluding diaryl/α,β-unsaturated/α-hetero) is 1. The Morgan fingerprint density at radius 1 is 1.26 bits per heavy atom. The molecule has 1 amide bonds. The molecule has 142 valence electrons. The molecule has 3 rings (SSSR count). The van der Waals surface area contributed by atoms with Crippen LogP contribution in [0, 0.1) is 11.3 Å². The summed E-state index contributed by atoms with van der Waals surface area (Å²) in [5.74, 6) is 0.00235. The van der Waals surface area contributed by atoms with Crippen LogP contribution in [0.5, 0.6) is 0 Å². The van der Waals surface area contributed by atoms with Gasteiger partial charge in [0.05, 0.1) is 10.6 Å². The zero-order chi connectivity index (χ0) is 18.8. The lowest BCUT2D eigenvalue weighted by Gasteiger charge is -2.22. The third-order valence-corrected chi connectivity index (χ3v) is 5.21. The number of hydrogen-bond acceptors (Lipinski definition) is 3. The molecule has 0 radical (unpaired) electrons. The van der Waals surface area contributed by atoms with Crippen LogP contribution in [0.3, 0.4) is 0 Å². The van der Waals surface area contributed by atoms with Crippen LogP contribution in [0.4, 0.5) is 5.69 Å². The minimum absolute atomic E-state index is 0. The van der Waals surface area contributed by atoms with Gasteiger partial charge in [-0.05, 0) is 67.6 Å². The minimum atomic E-state index is -0.308. The number of rotatable bonds is 4. The number of benzene rings is 2. The number of carbonyl (C=O) groups excluding carboxylic acids is 2. The fourth-order valence-electron chi connectivity index (χ4n) is 3.32. The van der Waals surface area contributed by atoms with Crippen LogP contribution in [0.1, 0.15) is 58.5 Å². The number of amides is 1. The van der Waals surface area contributed by atoms with E-state index in [2.05, 4.69) is 5.32 Å². The highest BCUT2D eigenvalue weighted by atomic mass is 35.5. The molecule has 27 heavy (non-hydrogen) atoms. The number of halogens is 2. The smallest absolute Gasteiger partial charge is 0.257 e. The van der Waals surface area contributed by atoms with Crippen LogP contribution in [-0.2, 0) is 6.42 Å². The number of fused-ring (bicyclic) bond motifs is 1. The summed E-state index contributed by atoms with van der Waals surface area (Å²) in [6.07, 6.45) is 2.56. The van der Waals surface area contributed by atoms with Gasteiger partial charge in [0.2, 0.25) is 0 Å². The Bertz CT molecular complexity index is 909. The molecule has 4 nitrogen and oxygen atoms in total. The number of aryl methyl sites for hydroxylation is 1. The lowest BCUT2D eigenvalue weighted by Crippen LogP contribution is -2.22. The maximum atomic E-state index is 12.5. The van der Waals surface area contributed by atoms with Gasteiger partial charge in [-0.3, -0.25) is 9.59 Å². The summed E-state index contributed by atoms with van der Waals surface area (Å²) in [6, 6.07) is 10.4. The van der Waals surface area contributed by atoms with E-state index in [1.165, 1.54) is 0 Å². The molecule has 1 unspecified atom stereocenters. The van der Waals surface area contributed by atoms with Gasteiger partial charge in [-0.2, -0.15) is 0 Å². The average molecular weight is 405 g/mol. The first-order valence-corrected chi connectivity index (χ1v) is 9.12. The summed E-state index contributed by atoms with van der Waals surface area (Å²) in [6.45, 7) is 3.71. The summed E-state index contributed by atoms with van der Waals surface area (Å²) in [4.78, 5) is 24.9. The number of carbonyl (C=O) groups is 2. The molecule has 0 aliphatic heterocycles. The molecule has 0 bridgehead atoms. The molecule has 1 atom stereocenters. The Morgan fingerprint density at radius 2 is 2.00 bits per heavy atom. The maximum absolute atomic E-state index is 12.5. The summed E-state index contributed by atoms with van der Waals surface area (Å²) in [7, 11) is 0. The Hall–Kier alpha value is -2.17. The predicted molar refractivity (Wildman–Crippen MR) is 112 cm³/mol. The van der Waals surface area contributed by atoms with Crippen molar-refractivity contribution < 1.29 is 9.59 Å². The van der Waals surface area contributed by atoms with E-state index >= 15 is 0 Å². The van der Waals surface area contributed by atoms with Crippen LogP contribution < -0.4 is 5.32 Å². The fraction of sp³-hybridized carbons (Fsp3) is 0.286. The molecule has 1 aliphatic rings. The molecular formula is C21H22Cl2N2O2. The van der Waals surface area contributed by atoms with Gasteiger partial charge in [0.1, 0.15) is 0 Å². The van der Waals surface area contributed by atoms with Crippen LogP contribution in [-0.4, -0.2) is 17.4 Å². The first-order valence-electron chi connectivity index (χ1n) is 8.74. The minimum Gasteiger partial charge on any atom is -0.322 e. The van der Waals surface area contributed by atoms with Gasteiger partial charge < -0.3 is 10.7 Å². The van der Waals surface area contributed by atoms with Crippen LogP contribution >= 0.6 is 24.0 Å². The highest BCUT2D eigenvalue weighted by Gasteiger charge is 2.26. The number of ketones is 1. The van der Waals surface area contributed by atoms with E-state index in [1.54, 1.807) is 37.3 Å². The van der Waals surface area contributed by atoms with Crippen molar-refractivity contribution in [1.82, 2.24) is 0 Å². The largest absolute Gasteiger partial charge is 0.322 e. The second-order valence-corrected chi connectivity index (χ2v) is 7.06. The molecule has 6 heteroatoms. The maximum Gasteiger partial charge on any atom is 0.257 e. The monoisotopic (exact) mass is 404 g/mol. The molecule has 0 aromatic heterocycles. The summed E-state index contributed by atoms with van der Waals surface area (Å²) in [5.41, 5.74) is 3.84. The van der Waals surface area contributed by atoms with Crippen LogP contribution in [0.2, 0.25) is 5.02 Å². The number of hydrogen-bond donors (Lipinski definition) is 2. The van der Waals surface area contributed by atoms with Crippen molar-refractivity contribution in [2.45, 2.75) is 33.1 Å². The third kappa shape index (κ3) is 4.40. The molecule has 1 aliphatic carbocycles. The van der Waals surface area contributed by atoms with Gasteiger partial charge in [-0.25, -0.2) is 0 Å².